The minimum absolute atomic E-state index is 0.188. The van der Waals surface area contributed by atoms with Crippen LogP contribution in [0.1, 0.15) is 38.8 Å². The van der Waals surface area contributed by atoms with Crippen molar-refractivity contribution in [1.29, 1.82) is 0 Å². The van der Waals surface area contributed by atoms with Gasteiger partial charge in [0.15, 0.2) is 0 Å². The minimum atomic E-state index is -0.684. The van der Waals surface area contributed by atoms with Gasteiger partial charge >= 0.3 is 0 Å². The second-order valence-corrected chi connectivity index (χ2v) is 10.4. The number of nitrogens with one attached hydrogen (secondary N) is 4. The van der Waals surface area contributed by atoms with Gasteiger partial charge in [-0.2, -0.15) is 0 Å². The molecule has 0 spiro atoms. The summed E-state index contributed by atoms with van der Waals surface area (Å²) < 4.78 is 1.88. The third-order valence-electron chi connectivity index (χ3n) is 7.44. The van der Waals surface area contributed by atoms with E-state index in [1.54, 1.807) is 42.7 Å². The van der Waals surface area contributed by atoms with Crippen LogP contribution in [0.15, 0.2) is 48.8 Å². The molecule has 3 heterocycles. The van der Waals surface area contributed by atoms with Crippen LogP contribution >= 0.6 is 0 Å². The van der Waals surface area contributed by atoms with Crippen LogP contribution in [-0.4, -0.2) is 68.9 Å². The van der Waals surface area contributed by atoms with Gasteiger partial charge in [-0.1, -0.05) is 13.8 Å². The maximum Gasteiger partial charge on any atom is 0.259 e. The molecule has 2 aromatic carbocycles. The van der Waals surface area contributed by atoms with Gasteiger partial charge in [0, 0.05) is 83.6 Å². The number of H-pyrrole nitrogens is 1. The molecule has 5 rings (SSSR count). The van der Waals surface area contributed by atoms with E-state index in [1.165, 1.54) is 13.8 Å². The molecule has 218 valence electrons. The number of aromatic nitrogens is 2. The summed E-state index contributed by atoms with van der Waals surface area (Å²) in [6, 6.07) is 10.7. The minimum Gasteiger partial charge on any atom is -0.390 e. The van der Waals surface area contributed by atoms with E-state index < -0.39 is 17.9 Å². The number of amides is 4. The number of carbonyl (C=O) groups is 4. The number of aromatic amines is 1. The van der Waals surface area contributed by atoms with Crippen molar-refractivity contribution in [2.75, 3.05) is 30.3 Å². The second kappa shape index (κ2) is 11.6. The Morgan fingerprint density at radius 1 is 0.905 bits per heavy atom. The van der Waals surface area contributed by atoms with E-state index >= 15 is 0 Å². The van der Waals surface area contributed by atoms with Gasteiger partial charge in [-0.25, -0.2) is 0 Å². The Hall–Kier alpha value is -4.74. The first-order chi connectivity index (χ1) is 20.1. The topological polar surface area (TPSA) is 149 Å². The van der Waals surface area contributed by atoms with Gasteiger partial charge in [-0.05, 0) is 49.5 Å². The average molecular weight is 571 g/mol. The number of imide groups is 1. The van der Waals surface area contributed by atoms with Crippen molar-refractivity contribution in [2.24, 2.45) is 0 Å². The number of rotatable bonds is 10. The quantitative estimate of drug-likeness (QED) is 0.185. The molecule has 0 saturated carbocycles. The van der Waals surface area contributed by atoms with Crippen molar-refractivity contribution in [3.05, 3.63) is 59.9 Å². The Balaban J connectivity index is 1.70. The van der Waals surface area contributed by atoms with Crippen molar-refractivity contribution in [2.45, 2.75) is 40.3 Å². The fourth-order valence-electron chi connectivity index (χ4n) is 5.57. The number of hydrogen-bond donors (Lipinski definition) is 5. The van der Waals surface area contributed by atoms with Gasteiger partial charge in [-0.15, -0.1) is 0 Å². The summed E-state index contributed by atoms with van der Waals surface area (Å²) in [5.74, 6) is -1.56. The summed E-state index contributed by atoms with van der Waals surface area (Å²) in [4.78, 5) is 55.5. The number of nitrogens with zero attached hydrogens (tertiary/aromatic N) is 2. The highest BCUT2D eigenvalue weighted by atomic mass is 16.3. The number of hydrogen-bond acceptors (Lipinski definition) is 6. The van der Waals surface area contributed by atoms with Crippen molar-refractivity contribution < 1.29 is 24.3 Å². The van der Waals surface area contributed by atoms with Gasteiger partial charge in [0.1, 0.15) is 0 Å². The van der Waals surface area contributed by atoms with Crippen molar-refractivity contribution in [3.63, 3.8) is 0 Å². The van der Waals surface area contributed by atoms with Gasteiger partial charge < -0.3 is 30.2 Å². The summed E-state index contributed by atoms with van der Waals surface area (Å²) in [7, 11) is 0. The number of likely N-dealkylation sites (N-methyl/N-ethyl adjacent to an activating group) is 1. The zero-order valence-electron chi connectivity index (χ0n) is 24.0. The number of fused-ring (bicyclic) bond motifs is 2. The van der Waals surface area contributed by atoms with Crippen LogP contribution in [0.25, 0.3) is 33.0 Å². The zero-order valence-corrected chi connectivity index (χ0v) is 24.0. The molecule has 1 aliphatic heterocycles. The Kier molecular flexibility index (Phi) is 7.97. The largest absolute Gasteiger partial charge is 0.390 e. The first kappa shape index (κ1) is 28.8. The number of aliphatic hydroxyl groups is 1. The molecule has 0 radical (unpaired) electrons. The normalized spacial score (nSPS) is 14.2. The predicted octanol–water partition coefficient (Wildman–Crippen LogP) is 3.31. The SMILES string of the molecule is CCN(CC)CC(O)Cn1cc(C2=C(c3c[nH]c4ccc(NC(C)=O)cc34)C(=O)NC2=O)c2cc(NC(C)=O)ccc21. The number of carbonyl (C=O) groups excluding carboxylic acids is 4. The molecule has 0 aliphatic carbocycles. The molecule has 5 N–H and O–H groups in total. The number of aliphatic hydroxyl groups excluding tert-OH is 1. The van der Waals surface area contributed by atoms with E-state index in [4.69, 9.17) is 0 Å². The Morgan fingerprint density at radius 2 is 1.50 bits per heavy atom. The van der Waals surface area contributed by atoms with E-state index in [-0.39, 0.29) is 29.5 Å². The lowest BCUT2D eigenvalue weighted by molar-refractivity contribution is -0.123. The van der Waals surface area contributed by atoms with Crippen LogP contribution in [0, 0.1) is 0 Å². The molecular formula is C31H34N6O5. The van der Waals surface area contributed by atoms with Gasteiger partial charge in [0.25, 0.3) is 11.8 Å². The molecule has 4 amide bonds. The molecule has 11 nitrogen and oxygen atoms in total. The summed E-state index contributed by atoms with van der Waals surface area (Å²) >= 11 is 0. The van der Waals surface area contributed by atoms with E-state index in [9.17, 15) is 24.3 Å². The molecule has 0 bridgehead atoms. The molecule has 11 heteroatoms. The number of anilines is 2. The van der Waals surface area contributed by atoms with Crippen LogP contribution in [0.3, 0.4) is 0 Å². The van der Waals surface area contributed by atoms with Gasteiger partial charge in [0.2, 0.25) is 11.8 Å². The van der Waals surface area contributed by atoms with Gasteiger partial charge in [0.05, 0.1) is 17.3 Å². The zero-order chi connectivity index (χ0) is 30.1. The molecule has 0 fully saturated rings. The Morgan fingerprint density at radius 3 is 2.12 bits per heavy atom. The maximum absolute atomic E-state index is 13.4. The molecule has 4 aromatic rings. The standard InChI is InChI=1S/C31H34N6O5/c1-5-36(6-2)14-21(40)15-37-16-25(23-12-20(34-18(4)39)8-10-27(23)37)29-28(30(41)35-31(29)42)24-13-32-26-9-7-19(11-22(24)26)33-17(3)38/h7-13,16,21,32,40H,5-6,14-15H2,1-4H3,(H,33,38)(H,34,39)(H,35,41,42). The van der Waals surface area contributed by atoms with Crippen LogP contribution < -0.4 is 16.0 Å². The van der Waals surface area contributed by atoms with Crippen molar-refractivity contribution in [1.82, 2.24) is 19.8 Å². The van der Waals surface area contributed by atoms with Gasteiger partial charge in [-0.3, -0.25) is 24.5 Å². The van der Waals surface area contributed by atoms with Crippen LogP contribution in [0.5, 0.6) is 0 Å². The highest BCUT2D eigenvalue weighted by Gasteiger charge is 2.35. The van der Waals surface area contributed by atoms with Crippen molar-refractivity contribution >= 4 is 68.0 Å². The second-order valence-electron chi connectivity index (χ2n) is 10.4. The first-order valence-electron chi connectivity index (χ1n) is 13.9. The molecule has 2 aromatic heterocycles. The molecular weight excluding hydrogens is 536 g/mol. The maximum atomic E-state index is 13.4. The lowest BCUT2D eigenvalue weighted by Gasteiger charge is -2.22. The highest BCUT2D eigenvalue weighted by molar-refractivity contribution is 6.50. The lowest BCUT2D eigenvalue weighted by Crippen LogP contribution is -2.34. The van der Waals surface area contributed by atoms with Crippen molar-refractivity contribution in [3.8, 4) is 0 Å². The first-order valence-corrected chi connectivity index (χ1v) is 13.9. The predicted molar refractivity (Wildman–Crippen MR) is 163 cm³/mol. The van der Waals surface area contributed by atoms with E-state index in [2.05, 4.69) is 25.8 Å². The van der Waals surface area contributed by atoms with Crippen LogP contribution in [0.2, 0.25) is 0 Å². The molecule has 0 saturated heterocycles. The van der Waals surface area contributed by atoms with Crippen LogP contribution in [-0.2, 0) is 25.7 Å². The molecule has 1 unspecified atom stereocenters. The summed E-state index contributed by atoms with van der Waals surface area (Å²) in [6.45, 7) is 9.25. The van der Waals surface area contributed by atoms with E-state index in [0.29, 0.717) is 39.8 Å². The molecule has 42 heavy (non-hydrogen) atoms. The van der Waals surface area contributed by atoms with Crippen LogP contribution in [0.4, 0.5) is 11.4 Å². The highest BCUT2D eigenvalue weighted by Crippen LogP contribution is 2.39. The summed E-state index contributed by atoms with van der Waals surface area (Å²) in [5, 5.41) is 20.2. The van der Waals surface area contributed by atoms with E-state index in [1.807, 2.05) is 24.5 Å². The fraction of sp³-hybridized carbons (Fsp3) is 0.290. The Labute approximate surface area is 242 Å². The summed E-state index contributed by atoms with van der Waals surface area (Å²) in [5.41, 5.74) is 3.95. The fourth-order valence-corrected chi connectivity index (χ4v) is 5.57. The third kappa shape index (κ3) is 5.56. The molecule has 1 atom stereocenters. The smallest absolute Gasteiger partial charge is 0.259 e. The average Bonchev–Trinajstić information content (AvgIpc) is 3.58. The molecule has 1 aliphatic rings. The third-order valence-corrected chi connectivity index (χ3v) is 7.44. The monoisotopic (exact) mass is 570 g/mol. The summed E-state index contributed by atoms with van der Waals surface area (Å²) in [6.07, 6.45) is 2.77. The van der Waals surface area contributed by atoms with E-state index in [0.717, 1.165) is 24.1 Å². The Bertz CT molecular complexity index is 1760. The lowest BCUT2D eigenvalue weighted by atomic mass is 9.95. The number of benzene rings is 2.